The van der Waals surface area contributed by atoms with Gasteiger partial charge in [0.25, 0.3) is 0 Å². The molecule has 2 unspecified atom stereocenters. The number of hydrogen-bond donors (Lipinski definition) is 6. The van der Waals surface area contributed by atoms with Gasteiger partial charge in [-0.15, -0.1) is 0 Å². The predicted octanol–water partition coefficient (Wildman–Crippen LogP) is 4.42. The van der Waals surface area contributed by atoms with E-state index in [1.54, 1.807) is 6.92 Å². The number of ether oxygens (including phenoxy) is 2. The Balaban J connectivity index is 1.23. The van der Waals surface area contributed by atoms with Crippen LogP contribution in [0, 0.1) is 50.2 Å². The average molecular weight is 705 g/mol. The molecule has 6 aliphatic rings. The number of carbonyl (C=O) groups is 2. The molecule has 1 heterocycles. The van der Waals surface area contributed by atoms with Crippen LogP contribution in [0.1, 0.15) is 120 Å². The Bertz CT molecular complexity index is 1400. The van der Waals surface area contributed by atoms with Crippen LogP contribution in [-0.4, -0.2) is 97.8 Å². The Morgan fingerprint density at radius 2 is 1.60 bits per heavy atom. The van der Waals surface area contributed by atoms with Crippen molar-refractivity contribution in [3.63, 3.8) is 0 Å². The standard InChI is InChI=1S/C40H64O10/c1-22-29(43)31(45)30(44)26(50-22)19-40(48,20-41)21-49-28-10-11-37(6)27(34(28,2)3)9-12-39(8)32(37)25(42)17-23-24-18-36(5,33(46)47)14-13-35(24,4)15-16-38(23,39)7/h17,22,24,26-32,41,43-45,48H,9-16,18-21H2,1-8H3,(H,46,47)/t22-,24-,26?,27+,28-,29+,30+,31+,32+,35+,36-,37-,38+,39+,40?/m0/s1. The van der Waals surface area contributed by atoms with Crippen molar-refractivity contribution in [2.45, 2.75) is 162 Å². The molecule has 0 amide bonds. The SMILES string of the molecule is C[C@@H]1OC(CC(O)(CO)CO[C@H]2CC[C@@]3(C)[C@H](CC[C@]4(C)[C@@H]3C(=O)C=C3[C@@H]5C[C@@](C)(C(=O)O)CC[C@]5(C)CC[C@]34C)C2(C)C)[C@@H](O)[C@H](O)[C@@H]1O. The minimum absolute atomic E-state index is 0.000718. The second-order valence-corrected chi connectivity index (χ2v) is 19.7. The van der Waals surface area contributed by atoms with E-state index in [0.29, 0.717) is 19.3 Å². The van der Waals surface area contributed by atoms with Crippen molar-refractivity contribution < 1.29 is 49.7 Å². The maximum Gasteiger partial charge on any atom is 0.309 e. The van der Waals surface area contributed by atoms with Crippen LogP contribution in [0.2, 0.25) is 0 Å². The monoisotopic (exact) mass is 704 g/mol. The van der Waals surface area contributed by atoms with Crippen molar-refractivity contribution in [1.82, 2.24) is 0 Å². The first kappa shape index (κ1) is 38.3. The molecule has 0 aromatic heterocycles. The van der Waals surface area contributed by atoms with E-state index in [-0.39, 0.29) is 69.7 Å². The zero-order chi connectivity index (χ0) is 37.0. The highest BCUT2D eigenvalue weighted by atomic mass is 16.5. The van der Waals surface area contributed by atoms with Crippen molar-refractivity contribution >= 4 is 11.8 Å². The molecule has 10 heteroatoms. The number of fused-ring (bicyclic) bond motifs is 7. The lowest BCUT2D eigenvalue weighted by atomic mass is 9.33. The van der Waals surface area contributed by atoms with Gasteiger partial charge < -0.3 is 40.1 Å². The number of aliphatic hydroxyl groups excluding tert-OH is 4. The smallest absolute Gasteiger partial charge is 0.309 e. The largest absolute Gasteiger partial charge is 0.481 e. The van der Waals surface area contributed by atoms with Gasteiger partial charge in [0, 0.05) is 12.3 Å². The van der Waals surface area contributed by atoms with Crippen LogP contribution in [0.5, 0.6) is 0 Å². The summed E-state index contributed by atoms with van der Waals surface area (Å²) < 4.78 is 12.2. The van der Waals surface area contributed by atoms with E-state index in [1.165, 1.54) is 5.57 Å². The molecule has 0 aromatic carbocycles. The molecule has 6 N–H and O–H groups in total. The predicted molar refractivity (Wildman–Crippen MR) is 186 cm³/mol. The Kier molecular flexibility index (Phi) is 9.44. The third-order valence-electron chi connectivity index (χ3n) is 16.4. The first-order chi connectivity index (χ1) is 23.0. The minimum atomic E-state index is -1.74. The number of carboxylic acid groups (broad SMARTS) is 1. The second kappa shape index (κ2) is 12.3. The molecule has 284 valence electrons. The highest BCUT2D eigenvalue weighted by Gasteiger charge is 2.70. The molecular weight excluding hydrogens is 640 g/mol. The molecule has 4 saturated carbocycles. The summed E-state index contributed by atoms with van der Waals surface area (Å²) in [6.45, 7) is 16.4. The van der Waals surface area contributed by atoms with E-state index in [0.717, 1.165) is 38.5 Å². The summed E-state index contributed by atoms with van der Waals surface area (Å²) in [5.74, 6) is -0.485. The van der Waals surface area contributed by atoms with Gasteiger partial charge in [-0.05, 0) is 117 Å². The first-order valence-electron chi connectivity index (χ1n) is 19.2. The van der Waals surface area contributed by atoms with Gasteiger partial charge in [-0.2, -0.15) is 0 Å². The summed E-state index contributed by atoms with van der Waals surface area (Å²) in [6.07, 6.45) is 3.09. The molecule has 0 aromatic rings. The van der Waals surface area contributed by atoms with E-state index in [9.17, 15) is 40.2 Å². The van der Waals surface area contributed by atoms with Crippen LogP contribution in [0.25, 0.3) is 0 Å². The van der Waals surface area contributed by atoms with Gasteiger partial charge in [-0.1, -0.05) is 47.1 Å². The first-order valence-corrected chi connectivity index (χ1v) is 19.2. The van der Waals surface area contributed by atoms with Crippen LogP contribution < -0.4 is 0 Å². The van der Waals surface area contributed by atoms with Crippen molar-refractivity contribution in [3.05, 3.63) is 11.6 Å². The highest BCUT2D eigenvalue weighted by molar-refractivity contribution is 5.95. The third kappa shape index (κ3) is 5.51. The fourth-order valence-electron chi connectivity index (χ4n) is 12.8. The summed E-state index contributed by atoms with van der Waals surface area (Å²) in [5.41, 5.74) is -2.45. The number of carbonyl (C=O) groups excluding carboxylic acids is 1. The Morgan fingerprint density at radius 1 is 0.940 bits per heavy atom. The molecule has 5 aliphatic carbocycles. The summed E-state index contributed by atoms with van der Waals surface area (Å²) in [7, 11) is 0. The van der Waals surface area contributed by atoms with Crippen LogP contribution in [0.15, 0.2) is 11.6 Å². The summed E-state index contributed by atoms with van der Waals surface area (Å²) in [4.78, 5) is 27.1. The van der Waals surface area contributed by atoms with E-state index in [4.69, 9.17) is 9.47 Å². The van der Waals surface area contributed by atoms with Crippen LogP contribution >= 0.6 is 0 Å². The third-order valence-corrected chi connectivity index (χ3v) is 16.4. The van der Waals surface area contributed by atoms with Crippen molar-refractivity contribution in [2.24, 2.45) is 50.2 Å². The van der Waals surface area contributed by atoms with E-state index in [1.807, 2.05) is 13.0 Å². The summed E-state index contributed by atoms with van der Waals surface area (Å²) >= 11 is 0. The van der Waals surface area contributed by atoms with E-state index >= 15 is 0 Å². The van der Waals surface area contributed by atoms with Gasteiger partial charge in [-0.3, -0.25) is 9.59 Å². The normalized spacial score (nSPS) is 51.3. The number of aliphatic carboxylic acids is 1. The average Bonchev–Trinajstić information content (AvgIpc) is 3.03. The minimum Gasteiger partial charge on any atom is -0.481 e. The molecular formula is C40H64O10. The van der Waals surface area contributed by atoms with Gasteiger partial charge in [0.1, 0.15) is 23.9 Å². The van der Waals surface area contributed by atoms with E-state index < -0.39 is 54.1 Å². The fourth-order valence-corrected chi connectivity index (χ4v) is 12.8. The summed E-state index contributed by atoms with van der Waals surface area (Å²) in [5, 5.41) is 62.9. The summed E-state index contributed by atoms with van der Waals surface area (Å²) in [6, 6.07) is 0. The Morgan fingerprint density at radius 3 is 2.24 bits per heavy atom. The van der Waals surface area contributed by atoms with Gasteiger partial charge in [0.2, 0.25) is 0 Å². The molecule has 0 spiro atoms. The Labute approximate surface area is 298 Å². The second-order valence-electron chi connectivity index (χ2n) is 19.7. The topological polar surface area (TPSA) is 174 Å². The molecule has 5 fully saturated rings. The molecule has 15 atom stereocenters. The molecule has 6 rings (SSSR count). The maximum absolute atomic E-state index is 14.7. The van der Waals surface area contributed by atoms with Gasteiger partial charge in [0.15, 0.2) is 5.78 Å². The van der Waals surface area contributed by atoms with Crippen molar-refractivity contribution in [1.29, 1.82) is 0 Å². The molecule has 1 saturated heterocycles. The molecule has 10 nitrogen and oxygen atoms in total. The fraction of sp³-hybridized carbons (Fsp3) is 0.900. The zero-order valence-electron chi connectivity index (χ0n) is 31.6. The molecule has 50 heavy (non-hydrogen) atoms. The molecule has 0 radical (unpaired) electrons. The molecule has 0 bridgehead atoms. The van der Waals surface area contributed by atoms with Crippen LogP contribution in [0.3, 0.4) is 0 Å². The lowest BCUT2D eigenvalue weighted by Gasteiger charge is -2.70. The van der Waals surface area contributed by atoms with Gasteiger partial charge in [-0.25, -0.2) is 0 Å². The van der Waals surface area contributed by atoms with Gasteiger partial charge >= 0.3 is 5.97 Å². The van der Waals surface area contributed by atoms with Crippen molar-refractivity contribution in [2.75, 3.05) is 13.2 Å². The zero-order valence-corrected chi connectivity index (χ0v) is 31.6. The molecule has 1 aliphatic heterocycles. The number of rotatable bonds is 7. The number of ketones is 1. The highest BCUT2D eigenvalue weighted by Crippen LogP contribution is 2.75. The lowest BCUT2D eigenvalue weighted by molar-refractivity contribution is -0.240. The number of hydrogen-bond acceptors (Lipinski definition) is 9. The van der Waals surface area contributed by atoms with E-state index in [2.05, 4.69) is 41.5 Å². The number of aliphatic hydroxyl groups is 5. The Hall–Kier alpha value is -1.40. The number of carboxylic acids is 1. The quantitative estimate of drug-likeness (QED) is 0.223. The lowest BCUT2D eigenvalue weighted by Crippen LogP contribution is -2.67. The van der Waals surface area contributed by atoms with Crippen LogP contribution in [-0.2, 0) is 19.1 Å². The van der Waals surface area contributed by atoms with Gasteiger partial charge in [0.05, 0.1) is 36.9 Å². The van der Waals surface area contributed by atoms with Crippen molar-refractivity contribution in [3.8, 4) is 0 Å². The maximum atomic E-state index is 14.7. The number of allylic oxidation sites excluding steroid dienone is 2. The van der Waals surface area contributed by atoms with Crippen LogP contribution in [0.4, 0.5) is 0 Å².